The number of hydrogen-bond donors (Lipinski definition) is 1. The molecule has 4 nitrogen and oxygen atoms in total. The summed E-state index contributed by atoms with van der Waals surface area (Å²) in [5.41, 5.74) is 5.21. The Kier molecular flexibility index (Phi) is 2.01. The first kappa shape index (κ1) is 7.21. The van der Waals surface area contributed by atoms with Gasteiger partial charge in [-0.05, 0) is 0 Å². The van der Waals surface area contributed by atoms with Crippen LogP contribution >= 0.6 is 0 Å². The second-order valence-electron chi connectivity index (χ2n) is 2.32. The third-order valence-corrected chi connectivity index (χ3v) is 1.47. The van der Waals surface area contributed by atoms with Gasteiger partial charge in [-0.1, -0.05) is 0 Å². The molecule has 0 bridgehead atoms. The second kappa shape index (κ2) is 2.79. The first-order chi connectivity index (χ1) is 4.74. The number of ketones is 1. The quantitative estimate of drug-likeness (QED) is 0.490. The highest BCUT2D eigenvalue weighted by Gasteiger charge is 2.25. The Morgan fingerprint density at radius 2 is 2.20 bits per heavy atom. The minimum atomic E-state index is -0.0875. The number of hydrogen-bond acceptors (Lipinski definition) is 3. The number of likely N-dealkylation sites (tertiary alicyclic amines) is 1. The predicted octanol–water partition coefficient (Wildman–Crippen LogP) is -1.25. The third-order valence-electron chi connectivity index (χ3n) is 1.47. The van der Waals surface area contributed by atoms with E-state index in [1.54, 1.807) is 0 Å². The molecule has 1 heterocycles. The van der Waals surface area contributed by atoms with Crippen molar-refractivity contribution in [3.63, 3.8) is 0 Å². The monoisotopic (exact) mass is 142 g/mol. The molecule has 0 aliphatic carbocycles. The van der Waals surface area contributed by atoms with Crippen molar-refractivity contribution < 1.29 is 9.59 Å². The van der Waals surface area contributed by atoms with Gasteiger partial charge >= 0.3 is 0 Å². The zero-order valence-electron chi connectivity index (χ0n) is 5.67. The first-order valence-electron chi connectivity index (χ1n) is 3.23. The maximum atomic E-state index is 10.8. The van der Waals surface area contributed by atoms with Gasteiger partial charge in [0.2, 0.25) is 5.91 Å². The highest BCUT2D eigenvalue weighted by Crippen LogP contribution is 2.04. The van der Waals surface area contributed by atoms with E-state index < -0.39 is 0 Å². The summed E-state index contributed by atoms with van der Waals surface area (Å²) in [5, 5.41) is 0. The maximum absolute atomic E-state index is 10.8. The summed E-state index contributed by atoms with van der Waals surface area (Å²) in [7, 11) is 0. The van der Waals surface area contributed by atoms with Crippen molar-refractivity contribution in [2.45, 2.75) is 6.42 Å². The number of Topliss-reactive ketones (excluding diaryl/α,β-unsaturated/α-hetero) is 1. The molecule has 1 saturated heterocycles. The summed E-state index contributed by atoms with van der Waals surface area (Å²) in [5.74, 6) is -0.0890. The largest absolute Gasteiger partial charge is 0.334 e. The van der Waals surface area contributed by atoms with Crippen molar-refractivity contribution in [1.29, 1.82) is 0 Å². The lowest BCUT2D eigenvalue weighted by Crippen LogP contribution is -2.30. The SMILES string of the molecule is NCCN1CC(=O)CC1=O. The molecule has 0 aromatic carbocycles. The van der Waals surface area contributed by atoms with Crippen LogP contribution in [-0.2, 0) is 9.59 Å². The van der Waals surface area contributed by atoms with Crippen LogP contribution in [0.1, 0.15) is 6.42 Å². The summed E-state index contributed by atoms with van der Waals surface area (Å²) in [6, 6.07) is 0. The second-order valence-corrected chi connectivity index (χ2v) is 2.32. The van der Waals surface area contributed by atoms with E-state index in [1.165, 1.54) is 4.90 Å². The van der Waals surface area contributed by atoms with Crippen molar-refractivity contribution in [3.8, 4) is 0 Å². The molecule has 0 radical (unpaired) electrons. The number of nitrogens with zero attached hydrogens (tertiary/aromatic N) is 1. The lowest BCUT2D eigenvalue weighted by atomic mass is 10.3. The smallest absolute Gasteiger partial charge is 0.230 e. The fourth-order valence-corrected chi connectivity index (χ4v) is 0.997. The van der Waals surface area contributed by atoms with Gasteiger partial charge < -0.3 is 10.6 Å². The summed E-state index contributed by atoms with van der Waals surface area (Å²) >= 11 is 0. The van der Waals surface area contributed by atoms with E-state index in [9.17, 15) is 9.59 Å². The number of carbonyl (C=O) groups is 2. The van der Waals surface area contributed by atoms with Crippen LogP contribution in [0.15, 0.2) is 0 Å². The molecule has 1 rings (SSSR count). The maximum Gasteiger partial charge on any atom is 0.230 e. The van der Waals surface area contributed by atoms with Gasteiger partial charge in [-0.2, -0.15) is 0 Å². The van der Waals surface area contributed by atoms with Crippen LogP contribution in [0.5, 0.6) is 0 Å². The molecular formula is C6H10N2O2. The standard InChI is InChI=1S/C6H10N2O2/c7-1-2-8-4-5(9)3-6(8)10/h1-4,7H2. The molecule has 0 saturated carbocycles. The lowest BCUT2D eigenvalue weighted by Gasteiger charge is -2.11. The molecule has 0 aromatic heterocycles. The molecule has 1 aliphatic heterocycles. The van der Waals surface area contributed by atoms with Gasteiger partial charge in [0.1, 0.15) is 0 Å². The minimum absolute atomic E-state index is 0.00144. The van der Waals surface area contributed by atoms with Gasteiger partial charge in [0.15, 0.2) is 5.78 Å². The molecule has 0 spiro atoms. The Morgan fingerprint density at radius 3 is 2.60 bits per heavy atom. The third kappa shape index (κ3) is 1.33. The highest BCUT2D eigenvalue weighted by molar-refractivity contribution is 6.05. The van der Waals surface area contributed by atoms with Gasteiger partial charge in [0, 0.05) is 13.1 Å². The number of amides is 1. The molecule has 1 fully saturated rings. The van der Waals surface area contributed by atoms with E-state index in [0.29, 0.717) is 13.1 Å². The van der Waals surface area contributed by atoms with E-state index >= 15 is 0 Å². The zero-order chi connectivity index (χ0) is 7.56. The normalized spacial score (nSPS) is 18.7. The van der Waals surface area contributed by atoms with Gasteiger partial charge in [0.25, 0.3) is 0 Å². The van der Waals surface area contributed by atoms with Crippen LogP contribution in [0, 0.1) is 0 Å². The molecule has 0 aromatic rings. The Labute approximate surface area is 59.0 Å². The molecule has 0 unspecified atom stereocenters. The van der Waals surface area contributed by atoms with E-state index in [1.807, 2.05) is 0 Å². The summed E-state index contributed by atoms with van der Waals surface area (Å²) < 4.78 is 0. The van der Waals surface area contributed by atoms with Gasteiger partial charge in [-0.25, -0.2) is 0 Å². The zero-order valence-corrected chi connectivity index (χ0v) is 5.67. The predicted molar refractivity (Wildman–Crippen MR) is 35.3 cm³/mol. The van der Waals surface area contributed by atoms with Crippen LogP contribution in [0.4, 0.5) is 0 Å². The number of rotatable bonds is 2. The fourth-order valence-electron chi connectivity index (χ4n) is 0.997. The lowest BCUT2D eigenvalue weighted by molar-refractivity contribution is -0.127. The summed E-state index contributed by atoms with van der Waals surface area (Å²) in [6.07, 6.45) is 0.0694. The number of carbonyl (C=O) groups excluding carboxylic acids is 2. The average Bonchev–Trinajstić information content (AvgIpc) is 2.13. The summed E-state index contributed by atoms with van der Waals surface area (Å²) in [4.78, 5) is 22.9. The molecular weight excluding hydrogens is 132 g/mol. The Hall–Kier alpha value is -0.900. The van der Waals surface area contributed by atoms with Gasteiger partial charge in [0.05, 0.1) is 13.0 Å². The van der Waals surface area contributed by atoms with Crippen molar-refractivity contribution >= 4 is 11.7 Å². The Morgan fingerprint density at radius 1 is 1.50 bits per heavy atom. The summed E-state index contributed by atoms with van der Waals surface area (Å²) in [6.45, 7) is 1.19. The molecule has 4 heteroatoms. The Bertz CT molecular complexity index is 167. The minimum Gasteiger partial charge on any atom is -0.334 e. The molecule has 56 valence electrons. The van der Waals surface area contributed by atoms with E-state index in [-0.39, 0.29) is 24.7 Å². The van der Waals surface area contributed by atoms with Crippen molar-refractivity contribution in [2.24, 2.45) is 5.73 Å². The van der Waals surface area contributed by atoms with Crippen LogP contribution in [0.25, 0.3) is 0 Å². The van der Waals surface area contributed by atoms with Crippen LogP contribution in [0.3, 0.4) is 0 Å². The van der Waals surface area contributed by atoms with E-state index in [0.717, 1.165) is 0 Å². The first-order valence-corrected chi connectivity index (χ1v) is 3.23. The molecule has 1 amide bonds. The molecule has 10 heavy (non-hydrogen) atoms. The van der Waals surface area contributed by atoms with Crippen molar-refractivity contribution in [3.05, 3.63) is 0 Å². The fraction of sp³-hybridized carbons (Fsp3) is 0.667. The van der Waals surface area contributed by atoms with Crippen molar-refractivity contribution in [1.82, 2.24) is 4.90 Å². The van der Waals surface area contributed by atoms with Gasteiger partial charge in [-0.15, -0.1) is 0 Å². The molecule has 0 atom stereocenters. The number of nitrogens with two attached hydrogens (primary N) is 1. The van der Waals surface area contributed by atoms with E-state index in [4.69, 9.17) is 5.73 Å². The van der Waals surface area contributed by atoms with Crippen LogP contribution in [0.2, 0.25) is 0 Å². The molecule has 1 aliphatic rings. The topological polar surface area (TPSA) is 63.4 Å². The van der Waals surface area contributed by atoms with Crippen LogP contribution in [-0.4, -0.2) is 36.2 Å². The van der Waals surface area contributed by atoms with Gasteiger partial charge in [-0.3, -0.25) is 9.59 Å². The van der Waals surface area contributed by atoms with Crippen LogP contribution < -0.4 is 5.73 Å². The highest BCUT2D eigenvalue weighted by atomic mass is 16.2. The van der Waals surface area contributed by atoms with Crippen molar-refractivity contribution in [2.75, 3.05) is 19.6 Å². The Balaban J connectivity index is 2.46. The molecule has 2 N–H and O–H groups in total. The van der Waals surface area contributed by atoms with E-state index in [2.05, 4.69) is 0 Å². The average molecular weight is 142 g/mol.